The molecule has 3 rings (SSSR count). The number of H-pyrrole nitrogens is 1. The number of allylic oxidation sites excluding steroid dienone is 1. The number of aromatic nitrogens is 2. The molecular weight excluding hydrogens is 438 g/mol. The Kier molecular flexibility index (Phi) is 6.20. The molecule has 148 valence electrons. The molecule has 0 spiro atoms. The topological polar surface area (TPSA) is 97.2 Å². The first-order chi connectivity index (χ1) is 13.9. The summed E-state index contributed by atoms with van der Waals surface area (Å²) in [6, 6.07) is 11.5. The van der Waals surface area contributed by atoms with Gasteiger partial charge < -0.3 is 19.2 Å². The van der Waals surface area contributed by atoms with E-state index in [2.05, 4.69) is 36.7 Å². The van der Waals surface area contributed by atoms with Gasteiger partial charge in [-0.15, -0.1) is 0 Å². The summed E-state index contributed by atoms with van der Waals surface area (Å²) in [4.78, 5) is 19.0. The van der Waals surface area contributed by atoms with E-state index in [9.17, 15) is 10.1 Å². The SMILES string of the molecule is COC(=O)COc1c(Br)cc(C=C(C#N)c2nc3ccc(C)cc3[nH]2)cc1OC. The Bertz CT molecular complexity index is 1140. The minimum atomic E-state index is -0.505. The van der Waals surface area contributed by atoms with Crippen LogP contribution in [0.2, 0.25) is 0 Å². The van der Waals surface area contributed by atoms with Crippen LogP contribution in [-0.2, 0) is 9.53 Å². The number of ether oxygens (including phenoxy) is 3. The van der Waals surface area contributed by atoms with Crippen molar-refractivity contribution in [3.8, 4) is 17.6 Å². The van der Waals surface area contributed by atoms with E-state index in [-0.39, 0.29) is 6.61 Å². The highest BCUT2D eigenvalue weighted by Gasteiger charge is 2.15. The molecule has 0 radical (unpaired) electrons. The lowest BCUT2D eigenvalue weighted by atomic mass is 10.1. The van der Waals surface area contributed by atoms with Gasteiger partial charge in [0.15, 0.2) is 18.1 Å². The summed E-state index contributed by atoms with van der Waals surface area (Å²) in [5.74, 6) is 0.754. The number of nitriles is 1. The molecule has 2 aromatic carbocycles. The highest BCUT2D eigenvalue weighted by atomic mass is 79.9. The van der Waals surface area contributed by atoms with E-state index in [0.29, 0.717) is 32.9 Å². The van der Waals surface area contributed by atoms with E-state index in [1.54, 1.807) is 18.2 Å². The summed E-state index contributed by atoms with van der Waals surface area (Å²) >= 11 is 3.42. The average molecular weight is 456 g/mol. The van der Waals surface area contributed by atoms with Gasteiger partial charge in [-0.2, -0.15) is 5.26 Å². The maximum absolute atomic E-state index is 11.3. The van der Waals surface area contributed by atoms with E-state index < -0.39 is 5.97 Å². The highest BCUT2D eigenvalue weighted by Crippen LogP contribution is 2.37. The van der Waals surface area contributed by atoms with Gasteiger partial charge in [-0.05, 0) is 64.3 Å². The second kappa shape index (κ2) is 8.80. The van der Waals surface area contributed by atoms with Crippen molar-refractivity contribution >= 4 is 44.6 Å². The third kappa shape index (κ3) is 4.58. The Labute approximate surface area is 176 Å². The highest BCUT2D eigenvalue weighted by molar-refractivity contribution is 9.10. The van der Waals surface area contributed by atoms with Crippen LogP contribution in [0.15, 0.2) is 34.8 Å². The van der Waals surface area contributed by atoms with Crippen LogP contribution in [0.4, 0.5) is 0 Å². The van der Waals surface area contributed by atoms with Gasteiger partial charge in [0.05, 0.1) is 35.3 Å². The number of carbonyl (C=O) groups is 1. The van der Waals surface area contributed by atoms with Gasteiger partial charge in [0.1, 0.15) is 11.9 Å². The molecule has 1 N–H and O–H groups in total. The predicted octanol–water partition coefficient (Wildman–Crippen LogP) is 4.26. The lowest BCUT2D eigenvalue weighted by molar-refractivity contribution is -0.142. The van der Waals surface area contributed by atoms with Crippen molar-refractivity contribution in [3.63, 3.8) is 0 Å². The van der Waals surface area contributed by atoms with Gasteiger partial charge in [0, 0.05) is 0 Å². The second-order valence-corrected chi connectivity index (χ2v) is 7.03. The van der Waals surface area contributed by atoms with Crippen molar-refractivity contribution in [2.75, 3.05) is 20.8 Å². The molecule has 0 bridgehead atoms. The number of nitrogens with zero attached hydrogens (tertiary/aromatic N) is 2. The molecule has 3 aromatic rings. The molecule has 7 nitrogen and oxygen atoms in total. The number of hydrogen-bond donors (Lipinski definition) is 1. The van der Waals surface area contributed by atoms with Crippen molar-refractivity contribution in [3.05, 3.63) is 51.8 Å². The Morgan fingerprint density at radius 1 is 1.31 bits per heavy atom. The average Bonchev–Trinajstić information content (AvgIpc) is 3.13. The lowest BCUT2D eigenvalue weighted by Gasteiger charge is -2.13. The van der Waals surface area contributed by atoms with E-state index in [4.69, 9.17) is 9.47 Å². The van der Waals surface area contributed by atoms with Gasteiger partial charge >= 0.3 is 5.97 Å². The Morgan fingerprint density at radius 2 is 2.10 bits per heavy atom. The number of carbonyl (C=O) groups excluding carboxylic acids is 1. The third-order valence-electron chi connectivity index (χ3n) is 4.14. The van der Waals surface area contributed by atoms with Crippen LogP contribution >= 0.6 is 15.9 Å². The third-order valence-corrected chi connectivity index (χ3v) is 4.73. The summed E-state index contributed by atoms with van der Waals surface area (Å²) in [6.07, 6.45) is 1.70. The van der Waals surface area contributed by atoms with Gasteiger partial charge in [-0.25, -0.2) is 9.78 Å². The van der Waals surface area contributed by atoms with Gasteiger partial charge in [-0.1, -0.05) is 6.07 Å². The van der Waals surface area contributed by atoms with Crippen molar-refractivity contribution in [2.24, 2.45) is 0 Å². The number of nitrogens with one attached hydrogen (secondary N) is 1. The van der Waals surface area contributed by atoms with E-state index in [0.717, 1.165) is 16.6 Å². The molecule has 0 unspecified atom stereocenters. The number of imidazole rings is 1. The van der Waals surface area contributed by atoms with Gasteiger partial charge in [-0.3, -0.25) is 0 Å². The van der Waals surface area contributed by atoms with Crippen LogP contribution in [0.1, 0.15) is 17.0 Å². The number of rotatable bonds is 6. The van der Waals surface area contributed by atoms with Crippen molar-refractivity contribution < 1.29 is 19.0 Å². The monoisotopic (exact) mass is 455 g/mol. The number of aryl methyl sites for hydroxylation is 1. The Hall–Kier alpha value is -3.31. The largest absolute Gasteiger partial charge is 0.493 e. The number of benzene rings is 2. The summed E-state index contributed by atoms with van der Waals surface area (Å²) < 4.78 is 16.0. The number of aromatic amines is 1. The maximum Gasteiger partial charge on any atom is 0.343 e. The zero-order valence-corrected chi connectivity index (χ0v) is 17.7. The zero-order valence-electron chi connectivity index (χ0n) is 16.1. The molecule has 1 aromatic heterocycles. The fraction of sp³-hybridized carbons (Fsp3) is 0.190. The number of methoxy groups -OCH3 is 2. The standard InChI is InChI=1S/C21H18BrN3O4/c1-12-4-5-16-17(6-12)25-21(24-16)14(10-23)7-13-8-15(22)20(18(9-13)27-2)29-11-19(26)28-3/h4-9H,11H2,1-3H3,(H,24,25). The molecule has 0 atom stereocenters. The smallest absolute Gasteiger partial charge is 0.343 e. The Balaban J connectivity index is 1.97. The van der Waals surface area contributed by atoms with Crippen LogP contribution in [0.3, 0.4) is 0 Å². The minimum Gasteiger partial charge on any atom is -0.493 e. The van der Waals surface area contributed by atoms with E-state index >= 15 is 0 Å². The summed E-state index contributed by atoms with van der Waals surface area (Å²) in [5.41, 5.74) is 3.83. The number of halogens is 1. The maximum atomic E-state index is 11.3. The van der Waals surface area contributed by atoms with Crippen LogP contribution in [0, 0.1) is 18.3 Å². The van der Waals surface area contributed by atoms with Crippen molar-refractivity contribution in [2.45, 2.75) is 6.92 Å². The molecular formula is C21H18BrN3O4. The molecule has 0 aliphatic carbocycles. The van der Waals surface area contributed by atoms with Crippen molar-refractivity contribution in [1.82, 2.24) is 9.97 Å². The van der Waals surface area contributed by atoms with E-state index in [1.165, 1.54) is 14.2 Å². The fourth-order valence-corrected chi connectivity index (χ4v) is 3.30. The number of fused-ring (bicyclic) bond motifs is 1. The fourth-order valence-electron chi connectivity index (χ4n) is 2.72. The van der Waals surface area contributed by atoms with Crippen LogP contribution in [0.25, 0.3) is 22.7 Å². The quantitative estimate of drug-likeness (QED) is 0.440. The van der Waals surface area contributed by atoms with Crippen LogP contribution < -0.4 is 9.47 Å². The van der Waals surface area contributed by atoms with Crippen molar-refractivity contribution in [1.29, 1.82) is 5.26 Å². The van der Waals surface area contributed by atoms with Gasteiger partial charge in [0.2, 0.25) is 0 Å². The second-order valence-electron chi connectivity index (χ2n) is 6.17. The van der Waals surface area contributed by atoms with Crippen LogP contribution in [0.5, 0.6) is 11.5 Å². The molecule has 0 saturated carbocycles. The van der Waals surface area contributed by atoms with Crippen LogP contribution in [-0.4, -0.2) is 36.8 Å². The van der Waals surface area contributed by atoms with E-state index in [1.807, 2.05) is 25.1 Å². The zero-order chi connectivity index (χ0) is 21.0. The number of esters is 1. The molecule has 29 heavy (non-hydrogen) atoms. The summed E-state index contributed by atoms with van der Waals surface area (Å²) in [5, 5.41) is 9.65. The first kappa shape index (κ1) is 20.4. The molecule has 0 aliphatic rings. The normalized spacial score (nSPS) is 11.2. The lowest BCUT2D eigenvalue weighted by Crippen LogP contribution is -2.13. The Morgan fingerprint density at radius 3 is 2.79 bits per heavy atom. The first-order valence-electron chi connectivity index (χ1n) is 8.61. The van der Waals surface area contributed by atoms with Gasteiger partial charge in [0.25, 0.3) is 0 Å². The molecule has 8 heteroatoms. The number of hydrogen-bond acceptors (Lipinski definition) is 6. The molecule has 0 fully saturated rings. The first-order valence-corrected chi connectivity index (χ1v) is 9.40. The minimum absolute atomic E-state index is 0.248. The predicted molar refractivity (Wildman–Crippen MR) is 113 cm³/mol. The molecule has 0 saturated heterocycles. The summed E-state index contributed by atoms with van der Waals surface area (Å²) in [7, 11) is 2.78. The molecule has 1 heterocycles. The molecule has 0 amide bonds. The summed E-state index contributed by atoms with van der Waals surface area (Å²) in [6.45, 7) is 1.75. The molecule has 0 aliphatic heterocycles.